The SMILES string of the molecule is CC(C)(C)CCC1CC(N)CCC1(C)C. The van der Waals surface area contributed by atoms with Gasteiger partial charge in [-0.2, -0.15) is 0 Å². The Labute approximate surface area is 95.8 Å². The summed E-state index contributed by atoms with van der Waals surface area (Å²) in [6.45, 7) is 11.9. The fourth-order valence-electron chi connectivity index (χ4n) is 2.68. The summed E-state index contributed by atoms with van der Waals surface area (Å²) in [6, 6.07) is 0.461. The van der Waals surface area contributed by atoms with Crippen LogP contribution in [0.5, 0.6) is 0 Å². The van der Waals surface area contributed by atoms with E-state index >= 15 is 0 Å². The van der Waals surface area contributed by atoms with E-state index in [0.717, 1.165) is 5.92 Å². The first-order valence-corrected chi connectivity index (χ1v) is 6.46. The van der Waals surface area contributed by atoms with Crippen LogP contribution >= 0.6 is 0 Å². The Bertz CT molecular complexity index is 200. The molecule has 1 rings (SSSR count). The molecule has 0 aromatic carbocycles. The van der Waals surface area contributed by atoms with E-state index in [4.69, 9.17) is 5.73 Å². The van der Waals surface area contributed by atoms with E-state index in [1.54, 1.807) is 0 Å². The summed E-state index contributed by atoms with van der Waals surface area (Å²) >= 11 is 0. The van der Waals surface area contributed by atoms with E-state index in [1.165, 1.54) is 32.1 Å². The Morgan fingerprint density at radius 3 is 2.40 bits per heavy atom. The molecule has 0 heterocycles. The van der Waals surface area contributed by atoms with Gasteiger partial charge in [0.2, 0.25) is 0 Å². The minimum atomic E-state index is 0.461. The summed E-state index contributed by atoms with van der Waals surface area (Å²) < 4.78 is 0. The molecule has 90 valence electrons. The van der Waals surface area contributed by atoms with Crippen molar-refractivity contribution < 1.29 is 0 Å². The molecule has 1 saturated carbocycles. The Morgan fingerprint density at radius 1 is 1.27 bits per heavy atom. The zero-order valence-electron chi connectivity index (χ0n) is 11.3. The Balaban J connectivity index is 2.50. The fraction of sp³-hybridized carbons (Fsp3) is 1.00. The molecular weight excluding hydrogens is 182 g/mol. The van der Waals surface area contributed by atoms with E-state index in [9.17, 15) is 0 Å². The smallest absolute Gasteiger partial charge is 0.00418 e. The van der Waals surface area contributed by atoms with Gasteiger partial charge in [0.05, 0.1) is 0 Å². The molecule has 0 bridgehead atoms. The van der Waals surface area contributed by atoms with Crippen LogP contribution in [-0.2, 0) is 0 Å². The fourth-order valence-corrected chi connectivity index (χ4v) is 2.68. The molecular formula is C14H29N. The molecule has 0 aromatic heterocycles. The van der Waals surface area contributed by atoms with Gasteiger partial charge in [-0.05, 0) is 48.9 Å². The summed E-state index contributed by atoms with van der Waals surface area (Å²) in [7, 11) is 0. The predicted molar refractivity (Wildman–Crippen MR) is 67.8 cm³/mol. The first kappa shape index (κ1) is 13.0. The second-order valence-corrected chi connectivity index (χ2v) is 7.32. The summed E-state index contributed by atoms with van der Waals surface area (Å²) in [4.78, 5) is 0. The molecule has 2 atom stereocenters. The van der Waals surface area contributed by atoms with E-state index < -0.39 is 0 Å². The monoisotopic (exact) mass is 211 g/mol. The van der Waals surface area contributed by atoms with Crippen molar-refractivity contribution in [3.05, 3.63) is 0 Å². The molecule has 0 saturated heterocycles. The summed E-state index contributed by atoms with van der Waals surface area (Å²) in [5.41, 5.74) is 7.07. The van der Waals surface area contributed by atoms with Crippen molar-refractivity contribution in [3.63, 3.8) is 0 Å². The van der Waals surface area contributed by atoms with Crippen LogP contribution in [0, 0.1) is 16.7 Å². The molecule has 0 aliphatic heterocycles. The van der Waals surface area contributed by atoms with Crippen LogP contribution in [0.15, 0.2) is 0 Å². The molecule has 15 heavy (non-hydrogen) atoms. The first-order chi connectivity index (χ1) is 6.71. The van der Waals surface area contributed by atoms with Crippen molar-refractivity contribution in [1.82, 2.24) is 0 Å². The van der Waals surface area contributed by atoms with Gasteiger partial charge in [0, 0.05) is 6.04 Å². The highest BCUT2D eigenvalue weighted by molar-refractivity contribution is 4.88. The highest BCUT2D eigenvalue weighted by Gasteiger charge is 2.35. The second kappa shape index (κ2) is 4.45. The van der Waals surface area contributed by atoms with Crippen molar-refractivity contribution in [1.29, 1.82) is 0 Å². The van der Waals surface area contributed by atoms with Gasteiger partial charge >= 0.3 is 0 Å². The lowest BCUT2D eigenvalue weighted by atomic mass is 9.65. The standard InChI is InChI=1S/C14H29N/c1-13(2,3)8-6-11-10-12(15)7-9-14(11,4)5/h11-12H,6-10,15H2,1-5H3. The lowest BCUT2D eigenvalue weighted by Crippen LogP contribution is -2.38. The molecule has 2 N–H and O–H groups in total. The Hall–Kier alpha value is -0.0400. The average Bonchev–Trinajstić information content (AvgIpc) is 2.05. The third kappa shape index (κ3) is 4.14. The minimum absolute atomic E-state index is 0.461. The molecule has 0 radical (unpaired) electrons. The molecule has 1 heteroatoms. The maximum absolute atomic E-state index is 6.09. The lowest BCUT2D eigenvalue weighted by Gasteiger charge is -2.42. The van der Waals surface area contributed by atoms with Gasteiger partial charge in [0.25, 0.3) is 0 Å². The zero-order chi connectivity index (χ0) is 11.7. The second-order valence-electron chi connectivity index (χ2n) is 7.32. The quantitative estimate of drug-likeness (QED) is 0.735. The van der Waals surface area contributed by atoms with Gasteiger partial charge < -0.3 is 5.73 Å². The van der Waals surface area contributed by atoms with Gasteiger partial charge in [0.15, 0.2) is 0 Å². The van der Waals surface area contributed by atoms with Crippen molar-refractivity contribution in [2.45, 2.75) is 72.8 Å². The van der Waals surface area contributed by atoms with Crippen LogP contribution in [0.1, 0.15) is 66.7 Å². The molecule has 1 aliphatic carbocycles. The predicted octanol–water partition coefficient (Wildman–Crippen LogP) is 3.97. The number of hydrogen-bond acceptors (Lipinski definition) is 1. The summed E-state index contributed by atoms with van der Waals surface area (Å²) in [5, 5.41) is 0. The van der Waals surface area contributed by atoms with Gasteiger partial charge in [-0.25, -0.2) is 0 Å². The number of hydrogen-bond donors (Lipinski definition) is 1. The van der Waals surface area contributed by atoms with Crippen molar-refractivity contribution in [2.24, 2.45) is 22.5 Å². The topological polar surface area (TPSA) is 26.0 Å². The first-order valence-electron chi connectivity index (χ1n) is 6.46. The largest absolute Gasteiger partial charge is 0.328 e. The van der Waals surface area contributed by atoms with Crippen LogP contribution in [0.2, 0.25) is 0 Å². The lowest BCUT2D eigenvalue weighted by molar-refractivity contribution is 0.104. The van der Waals surface area contributed by atoms with Gasteiger partial charge in [-0.3, -0.25) is 0 Å². The molecule has 0 spiro atoms. The van der Waals surface area contributed by atoms with Gasteiger partial charge in [-0.1, -0.05) is 34.6 Å². The minimum Gasteiger partial charge on any atom is -0.328 e. The van der Waals surface area contributed by atoms with E-state index in [-0.39, 0.29) is 0 Å². The van der Waals surface area contributed by atoms with E-state index in [1.807, 2.05) is 0 Å². The zero-order valence-corrected chi connectivity index (χ0v) is 11.3. The van der Waals surface area contributed by atoms with Crippen LogP contribution in [0.25, 0.3) is 0 Å². The third-order valence-corrected chi connectivity index (χ3v) is 4.09. The maximum Gasteiger partial charge on any atom is 0.00418 e. The highest BCUT2D eigenvalue weighted by Crippen LogP contribution is 2.43. The van der Waals surface area contributed by atoms with Crippen LogP contribution in [0.4, 0.5) is 0 Å². The van der Waals surface area contributed by atoms with E-state index in [2.05, 4.69) is 34.6 Å². The van der Waals surface area contributed by atoms with Crippen LogP contribution < -0.4 is 5.73 Å². The molecule has 0 aromatic rings. The highest BCUT2D eigenvalue weighted by atomic mass is 14.7. The molecule has 0 amide bonds. The molecule has 1 fully saturated rings. The molecule has 1 nitrogen and oxygen atoms in total. The molecule has 1 aliphatic rings. The van der Waals surface area contributed by atoms with Crippen molar-refractivity contribution in [3.8, 4) is 0 Å². The van der Waals surface area contributed by atoms with Crippen molar-refractivity contribution >= 4 is 0 Å². The molecule has 2 unspecified atom stereocenters. The van der Waals surface area contributed by atoms with Crippen LogP contribution in [0.3, 0.4) is 0 Å². The number of nitrogens with two attached hydrogens (primary N) is 1. The number of rotatable bonds is 2. The Morgan fingerprint density at radius 2 is 1.87 bits per heavy atom. The summed E-state index contributed by atoms with van der Waals surface area (Å²) in [5.74, 6) is 0.834. The van der Waals surface area contributed by atoms with Crippen molar-refractivity contribution in [2.75, 3.05) is 0 Å². The third-order valence-electron chi connectivity index (χ3n) is 4.09. The van der Waals surface area contributed by atoms with Crippen LogP contribution in [-0.4, -0.2) is 6.04 Å². The summed E-state index contributed by atoms with van der Waals surface area (Å²) in [6.07, 6.45) is 6.45. The average molecular weight is 211 g/mol. The van der Waals surface area contributed by atoms with Gasteiger partial charge in [0.1, 0.15) is 0 Å². The Kier molecular flexibility index (Phi) is 3.86. The van der Waals surface area contributed by atoms with Gasteiger partial charge in [-0.15, -0.1) is 0 Å². The van der Waals surface area contributed by atoms with E-state index in [0.29, 0.717) is 16.9 Å². The maximum atomic E-state index is 6.09. The normalized spacial score (nSPS) is 31.6.